The van der Waals surface area contributed by atoms with Crippen molar-refractivity contribution in [3.8, 4) is 5.75 Å². The van der Waals surface area contributed by atoms with Gasteiger partial charge in [-0.15, -0.1) is 0 Å². The van der Waals surface area contributed by atoms with Gasteiger partial charge in [0.1, 0.15) is 17.5 Å². The van der Waals surface area contributed by atoms with Crippen molar-refractivity contribution in [3.05, 3.63) is 54.4 Å². The number of carbonyl (C=O) groups is 1. The Balaban J connectivity index is 1.52. The SMILES string of the molecule is Cn1cccc1C(=O)NC[C@H]1CC[C@@H](Oc2ccccc2)[C@@H]1O. The first kappa shape index (κ1) is 15.6. The summed E-state index contributed by atoms with van der Waals surface area (Å²) in [6.45, 7) is 0.458. The van der Waals surface area contributed by atoms with Gasteiger partial charge in [-0.2, -0.15) is 0 Å². The van der Waals surface area contributed by atoms with Gasteiger partial charge >= 0.3 is 0 Å². The Morgan fingerprint density at radius 3 is 2.74 bits per heavy atom. The van der Waals surface area contributed by atoms with Gasteiger partial charge in [0.15, 0.2) is 0 Å². The molecule has 0 radical (unpaired) electrons. The molecule has 5 nitrogen and oxygen atoms in total. The lowest BCUT2D eigenvalue weighted by Crippen LogP contribution is -2.37. The molecule has 1 saturated carbocycles. The van der Waals surface area contributed by atoms with Gasteiger partial charge in [-0.25, -0.2) is 0 Å². The maximum absolute atomic E-state index is 12.1. The van der Waals surface area contributed by atoms with Crippen LogP contribution in [0.4, 0.5) is 0 Å². The number of hydrogen-bond acceptors (Lipinski definition) is 3. The lowest BCUT2D eigenvalue weighted by Gasteiger charge is -2.21. The number of aryl methyl sites for hydroxylation is 1. The van der Waals surface area contributed by atoms with E-state index in [9.17, 15) is 9.90 Å². The summed E-state index contributed by atoms with van der Waals surface area (Å²) in [5.74, 6) is 0.676. The Bertz CT molecular complexity index is 653. The molecule has 1 heterocycles. The number of benzene rings is 1. The summed E-state index contributed by atoms with van der Waals surface area (Å²) in [6.07, 6.45) is 2.69. The first-order valence-electron chi connectivity index (χ1n) is 7.94. The van der Waals surface area contributed by atoms with E-state index >= 15 is 0 Å². The topological polar surface area (TPSA) is 63.5 Å². The maximum atomic E-state index is 12.1. The van der Waals surface area contributed by atoms with Crippen LogP contribution in [-0.2, 0) is 7.05 Å². The smallest absolute Gasteiger partial charge is 0.267 e. The second-order valence-corrected chi connectivity index (χ2v) is 6.01. The molecule has 0 aliphatic heterocycles. The molecule has 3 rings (SSSR count). The zero-order chi connectivity index (χ0) is 16.2. The average Bonchev–Trinajstić information content (AvgIpc) is 3.13. The van der Waals surface area contributed by atoms with Gasteiger partial charge < -0.3 is 19.7 Å². The molecular weight excluding hydrogens is 292 g/mol. The van der Waals surface area contributed by atoms with Gasteiger partial charge in [0.05, 0.1) is 6.10 Å². The van der Waals surface area contributed by atoms with Crippen LogP contribution in [0.2, 0.25) is 0 Å². The molecule has 5 heteroatoms. The molecule has 1 amide bonds. The Kier molecular flexibility index (Phi) is 4.67. The zero-order valence-corrected chi connectivity index (χ0v) is 13.2. The number of rotatable bonds is 5. The summed E-state index contributed by atoms with van der Waals surface area (Å²) in [5, 5.41) is 13.3. The second kappa shape index (κ2) is 6.87. The zero-order valence-electron chi connectivity index (χ0n) is 13.2. The molecule has 1 aliphatic rings. The van der Waals surface area contributed by atoms with Crippen LogP contribution < -0.4 is 10.1 Å². The molecule has 2 N–H and O–H groups in total. The molecule has 1 fully saturated rings. The van der Waals surface area contributed by atoms with Gasteiger partial charge in [-0.05, 0) is 37.1 Å². The normalized spacial score (nSPS) is 23.7. The number of nitrogens with zero attached hydrogens (tertiary/aromatic N) is 1. The summed E-state index contributed by atoms with van der Waals surface area (Å²) in [6, 6.07) is 13.1. The molecule has 1 aromatic carbocycles. The number of ether oxygens (including phenoxy) is 1. The number of nitrogens with one attached hydrogen (secondary N) is 1. The maximum Gasteiger partial charge on any atom is 0.267 e. The quantitative estimate of drug-likeness (QED) is 0.887. The fraction of sp³-hybridized carbons (Fsp3) is 0.389. The fourth-order valence-corrected chi connectivity index (χ4v) is 3.06. The first-order valence-corrected chi connectivity index (χ1v) is 7.94. The Hall–Kier alpha value is -2.27. The predicted molar refractivity (Wildman–Crippen MR) is 87.3 cm³/mol. The Labute approximate surface area is 135 Å². The van der Waals surface area contributed by atoms with Crippen LogP contribution in [0, 0.1) is 5.92 Å². The van der Waals surface area contributed by atoms with Crippen molar-refractivity contribution in [2.24, 2.45) is 13.0 Å². The van der Waals surface area contributed by atoms with Gasteiger partial charge in [-0.3, -0.25) is 4.79 Å². The van der Waals surface area contributed by atoms with Crippen molar-refractivity contribution in [1.82, 2.24) is 9.88 Å². The largest absolute Gasteiger partial charge is 0.488 e. The van der Waals surface area contributed by atoms with E-state index in [-0.39, 0.29) is 17.9 Å². The number of carbonyl (C=O) groups excluding carboxylic acids is 1. The van der Waals surface area contributed by atoms with Crippen molar-refractivity contribution in [3.63, 3.8) is 0 Å². The van der Waals surface area contributed by atoms with Crippen molar-refractivity contribution in [2.45, 2.75) is 25.0 Å². The third-order valence-corrected chi connectivity index (χ3v) is 4.42. The van der Waals surface area contributed by atoms with Crippen molar-refractivity contribution >= 4 is 5.91 Å². The number of hydrogen-bond donors (Lipinski definition) is 2. The summed E-state index contributed by atoms with van der Waals surface area (Å²) >= 11 is 0. The van der Waals surface area contributed by atoms with Crippen LogP contribution in [0.25, 0.3) is 0 Å². The third kappa shape index (κ3) is 3.56. The van der Waals surface area contributed by atoms with Crippen molar-refractivity contribution in [2.75, 3.05) is 6.54 Å². The Morgan fingerprint density at radius 1 is 1.26 bits per heavy atom. The predicted octanol–water partition coefficient (Wildman–Crippen LogP) is 1.97. The van der Waals surface area contributed by atoms with E-state index in [0.29, 0.717) is 12.2 Å². The average molecular weight is 314 g/mol. The monoisotopic (exact) mass is 314 g/mol. The van der Waals surface area contributed by atoms with E-state index in [2.05, 4.69) is 5.32 Å². The number of aliphatic hydroxyl groups excluding tert-OH is 1. The first-order chi connectivity index (χ1) is 11.1. The van der Waals surface area contributed by atoms with Crippen LogP contribution >= 0.6 is 0 Å². The van der Waals surface area contributed by atoms with Gasteiger partial charge in [0.2, 0.25) is 0 Å². The molecular formula is C18H22N2O3. The summed E-state index contributed by atoms with van der Waals surface area (Å²) in [5.41, 5.74) is 0.620. The van der Waals surface area contributed by atoms with Gasteiger partial charge in [0.25, 0.3) is 5.91 Å². The lowest BCUT2D eigenvalue weighted by molar-refractivity contribution is 0.0348. The van der Waals surface area contributed by atoms with Gasteiger partial charge in [-0.1, -0.05) is 18.2 Å². The summed E-state index contributed by atoms with van der Waals surface area (Å²) < 4.78 is 7.63. The molecule has 23 heavy (non-hydrogen) atoms. The molecule has 1 aliphatic carbocycles. The molecule has 122 valence electrons. The van der Waals surface area contributed by atoms with E-state index in [4.69, 9.17) is 4.74 Å². The number of para-hydroxylation sites is 1. The molecule has 0 unspecified atom stereocenters. The fourth-order valence-electron chi connectivity index (χ4n) is 3.06. The van der Waals surface area contributed by atoms with Crippen LogP contribution in [0.5, 0.6) is 5.75 Å². The standard InChI is InChI=1S/C18H22N2O3/c1-20-11-5-8-15(20)18(22)19-12-13-9-10-16(17(13)21)23-14-6-3-2-4-7-14/h2-8,11,13,16-17,21H,9-10,12H2,1H3,(H,19,22)/t13-,16-,17-/m1/s1. The van der Waals surface area contributed by atoms with Crippen LogP contribution in [-0.4, -0.2) is 34.3 Å². The van der Waals surface area contributed by atoms with Crippen LogP contribution in [0.15, 0.2) is 48.7 Å². The second-order valence-electron chi connectivity index (χ2n) is 6.01. The number of amides is 1. The van der Waals surface area contributed by atoms with E-state index < -0.39 is 6.10 Å². The van der Waals surface area contributed by atoms with Crippen LogP contribution in [0.3, 0.4) is 0 Å². The Morgan fingerprint density at radius 2 is 2.04 bits per heavy atom. The summed E-state index contributed by atoms with van der Waals surface area (Å²) in [4.78, 5) is 12.1. The van der Waals surface area contributed by atoms with E-state index in [1.54, 1.807) is 10.6 Å². The lowest BCUT2D eigenvalue weighted by atomic mass is 10.1. The van der Waals surface area contributed by atoms with E-state index in [0.717, 1.165) is 18.6 Å². The molecule has 0 saturated heterocycles. The molecule has 2 aromatic rings. The van der Waals surface area contributed by atoms with Crippen molar-refractivity contribution < 1.29 is 14.6 Å². The minimum absolute atomic E-state index is 0.0212. The van der Waals surface area contributed by atoms with E-state index in [1.165, 1.54) is 0 Å². The minimum Gasteiger partial charge on any atom is -0.488 e. The summed E-state index contributed by atoms with van der Waals surface area (Å²) in [7, 11) is 1.84. The molecule has 0 spiro atoms. The van der Waals surface area contributed by atoms with Crippen molar-refractivity contribution in [1.29, 1.82) is 0 Å². The van der Waals surface area contributed by atoms with Gasteiger partial charge in [0, 0.05) is 25.7 Å². The minimum atomic E-state index is -0.566. The molecule has 3 atom stereocenters. The van der Waals surface area contributed by atoms with Crippen LogP contribution in [0.1, 0.15) is 23.3 Å². The number of aliphatic hydroxyl groups is 1. The highest BCUT2D eigenvalue weighted by atomic mass is 16.5. The van der Waals surface area contributed by atoms with E-state index in [1.807, 2.05) is 49.6 Å². The molecule has 0 bridgehead atoms. The highest BCUT2D eigenvalue weighted by molar-refractivity contribution is 5.92. The molecule has 1 aromatic heterocycles. The highest BCUT2D eigenvalue weighted by Crippen LogP contribution is 2.29. The third-order valence-electron chi connectivity index (χ3n) is 4.42. The number of aromatic nitrogens is 1. The highest BCUT2D eigenvalue weighted by Gasteiger charge is 2.36.